The summed E-state index contributed by atoms with van der Waals surface area (Å²) in [4.78, 5) is 42.2. The van der Waals surface area contributed by atoms with Gasteiger partial charge in [-0.2, -0.15) is 0 Å². The zero-order valence-corrected chi connectivity index (χ0v) is 15.7. The number of hydrogen-bond acceptors (Lipinski definition) is 6. The van der Waals surface area contributed by atoms with E-state index in [-0.39, 0.29) is 30.4 Å². The lowest BCUT2D eigenvalue weighted by Gasteiger charge is -2.36. The van der Waals surface area contributed by atoms with Gasteiger partial charge in [0.25, 0.3) is 17.7 Å². The quantitative estimate of drug-likeness (QED) is 0.714. The molecule has 0 aliphatic carbocycles. The van der Waals surface area contributed by atoms with E-state index in [1.165, 1.54) is 0 Å². The number of aliphatic hydroxyl groups excluding tert-OH is 1. The summed E-state index contributed by atoms with van der Waals surface area (Å²) >= 11 is 0. The number of carbonyl (C=O) groups excluding carboxylic acids is 3. The van der Waals surface area contributed by atoms with Crippen LogP contribution < -0.4 is 0 Å². The number of imide groups is 1. The summed E-state index contributed by atoms with van der Waals surface area (Å²) in [5.41, 5.74) is 0.780. The normalized spacial score (nSPS) is 24.0. The maximum absolute atomic E-state index is 12.4. The summed E-state index contributed by atoms with van der Waals surface area (Å²) in [7, 11) is 0. The Labute approximate surface area is 163 Å². The summed E-state index contributed by atoms with van der Waals surface area (Å²) < 4.78 is 5.47. The Morgan fingerprint density at radius 2 is 1.71 bits per heavy atom. The molecule has 1 N–H and O–H groups in total. The second-order valence-electron chi connectivity index (χ2n) is 7.55. The first kappa shape index (κ1) is 19.0. The molecule has 0 unspecified atom stereocenters. The maximum Gasteiger partial charge on any atom is 0.261 e. The molecule has 3 heterocycles. The molecule has 0 radical (unpaired) electrons. The topological polar surface area (TPSA) is 90.4 Å². The van der Waals surface area contributed by atoms with Crippen LogP contribution in [0.15, 0.2) is 24.3 Å². The number of ether oxygens (including phenoxy) is 1. The summed E-state index contributed by atoms with van der Waals surface area (Å²) in [5.74, 6) is -0.651. The molecule has 8 nitrogen and oxygen atoms in total. The summed E-state index contributed by atoms with van der Waals surface area (Å²) in [6.07, 6.45) is 0.590. The average Bonchev–Trinajstić information content (AvgIpc) is 3.32. The van der Waals surface area contributed by atoms with Gasteiger partial charge in [-0.3, -0.25) is 24.2 Å². The molecule has 1 aromatic rings. The van der Waals surface area contributed by atoms with Crippen LogP contribution in [0.4, 0.5) is 0 Å². The molecule has 0 spiro atoms. The molecule has 3 amide bonds. The summed E-state index contributed by atoms with van der Waals surface area (Å²) in [6.45, 7) is 3.48. The number of piperazine rings is 1. The van der Waals surface area contributed by atoms with Crippen LogP contribution in [0.1, 0.15) is 33.6 Å². The maximum atomic E-state index is 12.4. The van der Waals surface area contributed by atoms with Gasteiger partial charge in [0.15, 0.2) is 0 Å². The number of amides is 3. The second-order valence-corrected chi connectivity index (χ2v) is 7.55. The van der Waals surface area contributed by atoms with Gasteiger partial charge in [0, 0.05) is 39.3 Å². The van der Waals surface area contributed by atoms with Gasteiger partial charge in [-0.15, -0.1) is 0 Å². The van der Waals surface area contributed by atoms with Crippen LogP contribution in [-0.2, 0) is 9.53 Å². The van der Waals surface area contributed by atoms with Gasteiger partial charge in [-0.05, 0) is 25.0 Å². The van der Waals surface area contributed by atoms with Crippen molar-refractivity contribution < 1.29 is 24.2 Å². The Balaban J connectivity index is 1.26. The molecule has 3 aliphatic heterocycles. The van der Waals surface area contributed by atoms with Crippen molar-refractivity contribution in [3.8, 4) is 0 Å². The fourth-order valence-corrected chi connectivity index (χ4v) is 4.10. The molecule has 0 aromatic heterocycles. The van der Waals surface area contributed by atoms with E-state index in [0.29, 0.717) is 50.5 Å². The minimum atomic E-state index is -0.831. The van der Waals surface area contributed by atoms with Gasteiger partial charge in [0.2, 0.25) is 0 Å². The zero-order chi connectivity index (χ0) is 19.7. The number of hydrogen-bond donors (Lipinski definition) is 1. The second kappa shape index (κ2) is 7.98. The van der Waals surface area contributed by atoms with Crippen molar-refractivity contribution in [2.45, 2.75) is 25.0 Å². The minimum absolute atomic E-state index is 0.0264. The molecule has 28 heavy (non-hydrogen) atoms. The van der Waals surface area contributed by atoms with Crippen LogP contribution in [-0.4, -0.2) is 95.6 Å². The number of nitrogens with zero attached hydrogens (tertiary/aromatic N) is 3. The van der Waals surface area contributed by atoms with Crippen LogP contribution in [0.25, 0.3) is 0 Å². The third-order valence-corrected chi connectivity index (χ3v) is 5.63. The summed E-state index contributed by atoms with van der Waals surface area (Å²) in [5, 5.41) is 10.4. The molecular formula is C20H25N3O5. The van der Waals surface area contributed by atoms with Crippen molar-refractivity contribution in [2.75, 3.05) is 45.9 Å². The molecule has 8 heteroatoms. The standard InChI is InChI=1S/C20H25N3O5/c24-14(13-23-18(25)15-4-1-2-5-16(15)19(23)26)12-21-7-9-22(10-8-21)20(27)17-6-3-11-28-17/h1-2,4-5,14,17,24H,3,6-13H2/t14-,17-/m1/s1. The Hall–Kier alpha value is -2.29. The van der Waals surface area contributed by atoms with E-state index in [9.17, 15) is 19.5 Å². The smallest absolute Gasteiger partial charge is 0.261 e. The van der Waals surface area contributed by atoms with Crippen LogP contribution in [0.5, 0.6) is 0 Å². The molecule has 3 aliphatic rings. The van der Waals surface area contributed by atoms with Gasteiger partial charge < -0.3 is 14.7 Å². The molecular weight excluding hydrogens is 362 g/mol. The van der Waals surface area contributed by atoms with E-state index in [1.54, 1.807) is 24.3 Å². The number of β-amino-alcohol motifs (C(OH)–C–C–N with tert-alkyl or cyclic N) is 1. The van der Waals surface area contributed by atoms with Crippen LogP contribution in [0.2, 0.25) is 0 Å². The van der Waals surface area contributed by atoms with E-state index in [0.717, 1.165) is 17.7 Å². The van der Waals surface area contributed by atoms with Crippen molar-refractivity contribution in [3.05, 3.63) is 35.4 Å². The van der Waals surface area contributed by atoms with E-state index in [4.69, 9.17) is 4.74 Å². The first-order chi connectivity index (χ1) is 13.5. The highest BCUT2D eigenvalue weighted by Crippen LogP contribution is 2.22. The van der Waals surface area contributed by atoms with E-state index >= 15 is 0 Å². The first-order valence-corrected chi connectivity index (χ1v) is 9.80. The third kappa shape index (κ3) is 3.67. The minimum Gasteiger partial charge on any atom is -0.390 e. The Bertz CT molecular complexity index is 734. The number of fused-ring (bicyclic) bond motifs is 1. The van der Waals surface area contributed by atoms with Crippen LogP contribution in [0.3, 0.4) is 0 Å². The first-order valence-electron chi connectivity index (χ1n) is 9.80. The van der Waals surface area contributed by atoms with E-state index in [1.807, 2.05) is 4.90 Å². The van der Waals surface area contributed by atoms with Gasteiger partial charge >= 0.3 is 0 Å². The van der Waals surface area contributed by atoms with Gasteiger partial charge in [-0.25, -0.2) is 0 Å². The number of rotatable bonds is 5. The SMILES string of the molecule is O=C([C@H]1CCCO1)N1CCN(C[C@@H](O)CN2C(=O)c3ccccc3C2=O)CC1. The van der Waals surface area contributed by atoms with Gasteiger partial charge in [0.1, 0.15) is 6.10 Å². The molecule has 1 aromatic carbocycles. The van der Waals surface area contributed by atoms with Crippen molar-refractivity contribution in [1.29, 1.82) is 0 Å². The average molecular weight is 387 g/mol. The molecule has 2 fully saturated rings. The van der Waals surface area contributed by atoms with Crippen molar-refractivity contribution in [3.63, 3.8) is 0 Å². The lowest BCUT2D eigenvalue weighted by Crippen LogP contribution is -2.53. The number of carbonyl (C=O) groups is 3. The fourth-order valence-electron chi connectivity index (χ4n) is 4.10. The van der Waals surface area contributed by atoms with Crippen molar-refractivity contribution >= 4 is 17.7 Å². The third-order valence-electron chi connectivity index (χ3n) is 5.63. The molecule has 2 atom stereocenters. The zero-order valence-electron chi connectivity index (χ0n) is 15.7. The lowest BCUT2D eigenvalue weighted by molar-refractivity contribution is -0.142. The van der Waals surface area contributed by atoms with Crippen molar-refractivity contribution in [1.82, 2.24) is 14.7 Å². The van der Waals surface area contributed by atoms with Crippen LogP contribution >= 0.6 is 0 Å². The van der Waals surface area contributed by atoms with Gasteiger partial charge in [-0.1, -0.05) is 12.1 Å². The highest BCUT2D eigenvalue weighted by molar-refractivity contribution is 6.21. The molecule has 2 saturated heterocycles. The Morgan fingerprint density at radius 3 is 2.29 bits per heavy atom. The Morgan fingerprint density at radius 1 is 1.07 bits per heavy atom. The van der Waals surface area contributed by atoms with E-state index < -0.39 is 6.10 Å². The fraction of sp³-hybridized carbons (Fsp3) is 0.550. The highest BCUT2D eigenvalue weighted by atomic mass is 16.5. The molecule has 4 rings (SSSR count). The number of aliphatic hydroxyl groups is 1. The van der Waals surface area contributed by atoms with E-state index in [2.05, 4.69) is 4.90 Å². The summed E-state index contributed by atoms with van der Waals surface area (Å²) in [6, 6.07) is 6.71. The van der Waals surface area contributed by atoms with Crippen LogP contribution in [0, 0.1) is 0 Å². The predicted octanol–water partition coefficient (Wildman–Crippen LogP) is -0.0333. The van der Waals surface area contributed by atoms with Crippen molar-refractivity contribution in [2.24, 2.45) is 0 Å². The Kier molecular flexibility index (Phi) is 5.43. The lowest BCUT2D eigenvalue weighted by atomic mass is 10.1. The predicted molar refractivity (Wildman–Crippen MR) is 99.8 cm³/mol. The largest absolute Gasteiger partial charge is 0.390 e. The number of benzene rings is 1. The van der Waals surface area contributed by atoms with Gasteiger partial charge in [0.05, 0.1) is 23.8 Å². The highest BCUT2D eigenvalue weighted by Gasteiger charge is 2.36. The molecule has 0 saturated carbocycles. The molecule has 0 bridgehead atoms. The monoisotopic (exact) mass is 387 g/mol. The molecule has 150 valence electrons.